The second-order valence-corrected chi connectivity index (χ2v) is 13.8. The van der Waals surface area contributed by atoms with Crippen molar-refractivity contribution in [3.63, 3.8) is 0 Å². The van der Waals surface area contributed by atoms with Gasteiger partial charge in [-0.2, -0.15) is 8.75 Å². The molecule has 3 aliphatic heterocycles. The molecule has 204 valence electrons. The van der Waals surface area contributed by atoms with E-state index in [1.54, 1.807) is 11.3 Å². The quantitative estimate of drug-likeness (QED) is 0.209. The summed E-state index contributed by atoms with van der Waals surface area (Å²) in [5.41, 5.74) is 7.71. The Balaban J connectivity index is 1.35. The summed E-state index contributed by atoms with van der Waals surface area (Å²) in [6.45, 7) is 12.3. The first kappa shape index (κ1) is 24.4. The number of benzene rings is 2. The van der Waals surface area contributed by atoms with E-state index < -0.39 is 0 Å². The maximum absolute atomic E-state index is 13.7. The van der Waals surface area contributed by atoms with Gasteiger partial charge in [0.15, 0.2) is 11.5 Å². The van der Waals surface area contributed by atoms with Crippen LogP contribution in [0.25, 0.3) is 43.6 Å². The minimum Gasteiger partial charge on any atom is -0.485 e. The average Bonchev–Trinajstić information content (AvgIpc) is 3.59. The highest BCUT2D eigenvalue weighted by molar-refractivity contribution is 7.14. The minimum atomic E-state index is -0.348. The molecule has 0 spiro atoms. The lowest BCUT2D eigenvalue weighted by atomic mass is 9.69. The van der Waals surface area contributed by atoms with Gasteiger partial charge in [0.25, 0.3) is 0 Å². The Bertz CT molecular complexity index is 1910. The Hall–Kier alpha value is -3.43. The molecule has 0 amide bonds. The molecule has 7 nitrogen and oxygen atoms in total. The highest BCUT2D eigenvalue weighted by atomic mass is 32.1. The van der Waals surface area contributed by atoms with Gasteiger partial charge in [0.1, 0.15) is 29.8 Å². The molecule has 0 bridgehead atoms. The van der Waals surface area contributed by atoms with Crippen LogP contribution in [0.15, 0.2) is 38.9 Å². The Morgan fingerprint density at radius 2 is 1.62 bits per heavy atom. The molecular formula is C31H29N3O4S2. The van der Waals surface area contributed by atoms with Gasteiger partial charge in [-0.1, -0.05) is 39.8 Å². The van der Waals surface area contributed by atoms with Crippen molar-refractivity contribution in [2.45, 2.75) is 51.4 Å². The standard InChI is InChI=1S/C31H29N3O4S2/c1-30(2)7-9-34-10-8-31(3,4)22-25(34)20(30)14-16-13-19(29(35)38-26(16)22)17-5-6-18(24-23(17)32-40-33-24)28-27-21(15-39-28)36-11-12-37-27/h5-6,13-15H,7-12H2,1-4H3. The summed E-state index contributed by atoms with van der Waals surface area (Å²) < 4.78 is 27.3. The van der Waals surface area contributed by atoms with E-state index in [1.807, 2.05) is 23.6 Å². The van der Waals surface area contributed by atoms with E-state index in [0.717, 1.165) is 76.1 Å². The zero-order valence-electron chi connectivity index (χ0n) is 22.9. The van der Waals surface area contributed by atoms with Gasteiger partial charge in [0, 0.05) is 46.2 Å². The lowest BCUT2D eigenvalue weighted by molar-refractivity contribution is 0.174. The van der Waals surface area contributed by atoms with Crippen molar-refractivity contribution in [1.29, 1.82) is 0 Å². The number of thiophene rings is 1. The third-order valence-electron chi connectivity index (χ3n) is 8.98. The molecule has 9 heteroatoms. The highest BCUT2D eigenvalue weighted by Gasteiger charge is 2.42. The third kappa shape index (κ3) is 3.37. The van der Waals surface area contributed by atoms with Gasteiger partial charge in [-0.25, -0.2) is 4.79 Å². The molecule has 0 fully saturated rings. The summed E-state index contributed by atoms with van der Waals surface area (Å²) in [4.78, 5) is 17.2. The molecule has 0 aliphatic carbocycles. The summed E-state index contributed by atoms with van der Waals surface area (Å²) in [5.74, 6) is 1.51. The Kier molecular flexibility index (Phi) is 5.06. The number of hydrogen-bond acceptors (Lipinski definition) is 9. The SMILES string of the molecule is CC1(C)CCN2CCC(C)(C)c3c2c1cc1cc(-c2ccc(-c4scc5c4OCCO5)c4nsnc24)c(=O)oc31. The van der Waals surface area contributed by atoms with Gasteiger partial charge >= 0.3 is 5.63 Å². The predicted octanol–water partition coefficient (Wildman–Crippen LogP) is 7.13. The van der Waals surface area contributed by atoms with Crippen molar-refractivity contribution in [3.8, 4) is 33.1 Å². The van der Waals surface area contributed by atoms with Gasteiger partial charge < -0.3 is 18.8 Å². The number of aromatic nitrogens is 2. The van der Waals surface area contributed by atoms with Gasteiger partial charge in [-0.15, -0.1) is 11.3 Å². The van der Waals surface area contributed by atoms with Crippen LogP contribution in [0, 0.1) is 0 Å². The van der Waals surface area contributed by atoms with Crippen molar-refractivity contribution in [3.05, 3.63) is 51.2 Å². The summed E-state index contributed by atoms with van der Waals surface area (Å²) in [6.07, 6.45) is 2.13. The molecule has 40 heavy (non-hydrogen) atoms. The van der Waals surface area contributed by atoms with Crippen molar-refractivity contribution in [2.24, 2.45) is 0 Å². The smallest absolute Gasteiger partial charge is 0.344 e. The fraction of sp³-hybridized carbons (Fsp3) is 0.387. The number of rotatable bonds is 2. The molecule has 8 rings (SSSR count). The summed E-state index contributed by atoms with van der Waals surface area (Å²) in [6, 6.07) is 8.24. The number of anilines is 1. The van der Waals surface area contributed by atoms with Crippen molar-refractivity contribution < 1.29 is 13.9 Å². The Morgan fingerprint density at radius 3 is 2.45 bits per heavy atom. The van der Waals surface area contributed by atoms with Crippen LogP contribution in [0.3, 0.4) is 0 Å². The number of ether oxygens (including phenoxy) is 2. The van der Waals surface area contributed by atoms with E-state index in [4.69, 9.17) is 13.9 Å². The highest BCUT2D eigenvalue weighted by Crippen LogP contribution is 2.52. The lowest BCUT2D eigenvalue weighted by Gasteiger charge is -2.48. The normalized spacial score (nSPS) is 18.8. The minimum absolute atomic E-state index is 0.0396. The fourth-order valence-corrected chi connectivity index (χ4v) is 8.19. The summed E-state index contributed by atoms with van der Waals surface area (Å²) >= 11 is 2.71. The maximum atomic E-state index is 13.7. The van der Waals surface area contributed by atoms with Crippen LogP contribution in [0.1, 0.15) is 51.7 Å². The van der Waals surface area contributed by atoms with Crippen LogP contribution in [0.4, 0.5) is 5.69 Å². The first-order valence-electron chi connectivity index (χ1n) is 13.8. The lowest BCUT2D eigenvalue weighted by Crippen LogP contribution is -2.44. The van der Waals surface area contributed by atoms with Crippen LogP contribution < -0.4 is 20.0 Å². The summed E-state index contributed by atoms with van der Waals surface area (Å²) in [7, 11) is 0. The second-order valence-electron chi connectivity index (χ2n) is 12.3. The largest absolute Gasteiger partial charge is 0.485 e. The van der Waals surface area contributed by atoms with Gasteiger partial charge in [0.2, 0.25) is 0 Å². The molecule has 0 unspecified atom stereocenters. The van der Waals surface area contributed by atoms with Crippen LogP contribution in [-0.4, -0.2) is 35.1 Å². The average molecular weight is 572 g/mol. The molecular weight excluding hydrogens is 542 g/mol. The third-order valence-corrected chi connectivity index (χ3v) is 10.5. The molecule has 0 saturated carbocycles. The monoisotopic (exact) mass is 571 g/mol. The zero-order valence-corrected chi connectivity index (χ0v) is 24.6. The van der Waals surface area contributed by atoms with E-state index in [9.17, 15) is 4.79 Å². The van der Waals surface area contributed by atoms with E-state index in [2.05, 4.69) is 47.4 Å². The van der Waals surface area contributed by atoms with Crippen LogP contribution in [0.5, 0.6) is 11.5 Å². The first-order valence-corrected chi connectivity index (χ1v) is 15.4. The van der Waals surface area contributed by atoms with E-state index in [-0.39, 0.29) is 16.5 Å². The van der Waals surface area contributed by atoms with E-state index in [1.165, 1.54) is 16.8 Å². The fourth-order valence-electron chi connectivity index (χ4n) is 6.66. The summed E-state index contributed by atoms with van der Waals surface area (Å²) in [5, 5.41) is 2.94. The van der Waals surface area contributed by atoms with Crippen molar-refractivity contribution >= 4 is 50.8 Å². The van der Waals surface area contributed by atoms with E-state index in [0.29, 0.717) is 29.9 Å². The van der Waals surface area contributed by atoms with E-state index >= 15 is 0 Å². The maximum Gasteiger partial charge on any atom is 0.344 e. The molecule has 5 aromatic rings. The van der Waals surface area contributed by atoms with Crippen molar-refractivity contribution in [1.82, 2.24) is 8.75 Å². The Morgan fingerprint density at radius 1 is 0.900 bits per heavy atom. The van der Waals surface area contributed by atoms with Gasteiger partial charge in [0.05, 0.1) is 22.2 Å². The molecule has 6 heterocycles. The van der Waals surface area contributed by atoms with Gasteiger partial charge in [-0.05, 0) is 41.4 Å². The second kappa shape index (κ2) is 8.30. The van der Waals surface area contributed by atoms with Crippen molar-refractivity contribution in [2.75, 3.05) is 31.2 Å². The Labute approximate surface area is 239 Å². The number of nitrogens with zero attached hydrogens (tertiary/aromatic N) is 3. The van der Waals surface area contributed by atoms with Crippen LogP contribution in [0.2, 0.25) is 0 Å². The molecule has 3 aliphatic rings. The van der Waals surface area contributed by atoms with Gasteiger partial charge in [-0.3, -0.25) is 0 Å². The molecule has 0 radical (unpaired) electrons. The van der Waals surface area contributed by atoms with Crippen LogP contribution >= 0.6 is 23.1 Å². The molecule has 0 atom stereocenters. The molecule has 3 aromatic heterocycles. The topological polar surface area (TPSA) is 77.7 Å². The van der Waals surface area contributed by atoms with Crippen LogP contribution in [-0.2, 0) is 10.8 Å². The predicted molar refractivity (Wildman–Crippen MR) is 161 cm³/mol. The zero-order chi connectivity index (χ0) is 27.4. The molecule has 0 saturated heterocycles. The molecule has 0 N–H and O–H groups in total. The number of hydrogen-bond donors (Lipinski definition) is 0. The number of fused-ring (bicyclic) bond motifs is 4. The first-order chi connectivity index (χ1) is 19.2. The molecule has 2 aromatic carbocycles.